The number of carbonyl (C=O) groups excluding carboxylic acids is 1. The minimum absolute atomic E-state index is 0.0717. The van der Waals surface area contributed by atoms with Gasteiger partial charge in [-0.15, -0.1) is 0 Å². The molecule has 1 amide bonds. The smallest absolute Gasteiger partial charge is 0.323 e. The van der Waals surface area contributed by atoms with Crippen LogP contribution in [0.4, 0.5) is 11.4 Å². The number of ether oxygens (including phenoxy) is 1. The normalized spacial score (nSPS) is 10.3. The van der Waals surface area contributed by atoms with E-state index in [1.165, 1.54) is 12.3 Å². The van der Waals surface area contributed by atoms with Crippen molar-refractivity contribution in [2.45, 2.75) is 13.5 Å². The van der Waals surface area contributed by atoms with Gasteiger partial charge in [-0.3, -0.25) is 19.9 Å². The first-order valence-corrected chi connectivity index (χ1v) is 8.22. The highest BCUT2D eigenvalue weighted by atomic mass is 16.6. The average molecular weight is 363 g/mol. The molecule has 27 heavy (non-hydrogen) atoms. The number of hydrogen-bond acceptors (Lipinski definition) is 5. The molecule has 136 valence electrons. The van der Waals surface area contributed by atoms with Crippen LogP contribution in [0, 0.1) is 17.0 Å². The summed E-state index contributed by atoms with van der Waals surface area (Å²) in [5.41, 5.74) is 1.47. The van der Waals surface area contributed by atoms with Gasteiger partial charge in [-0.1, -0.05) is 36.4 Å². The number of hydrogen-bond donors (Lipinski definition) is 1. The molecule has 3 aromatic rings. The van der Waals surface area contributed by atoms with Gasteiger partial charge in [0.2, 0.25) is 5.75 Å². The molecule has 7 nitrogen and oxygen atoms in total. The van der Waals surface area contributed by atoms with E-state index in [0.717, 1.165) is 5.56 Å². The summed E-state index contributed by atoms with van der Waals surface area (Å²) >= 11 is 0. The summed E-state index contributed by atoms with van der Waals surface area (Å²) in [6, 6.07) is 15.7. The first kappa shape index (κ1) is 18.1. The Balaban J connectivity index is 1.92. The van der Waals surface area contributed by atoms with E-state index in [0.29, 0.717) is 11.3 Å². The van der Waals surface area contributed by atoms with Gasteiger partial charge >= 0.3 is 5.69 Å². The number of nitrogens with zero attached hydrogens (tertiary/aromatic N) is 2. The van der Waals surface area contributed by atoms with E-state index < -0.39 is 10.8 Å². The molecule has 0 saturated heterocycles. The molecule has 0 radical (unpaired) electrons. The van der Waals surface area contributed by atoms with Crippen molar-refractivity contribution in [1.29, 1.82) is 0 Å². The fraction of sp³-hybridized carbons (Fsp3) is 0.100. The molecular weight excluding hydrogens is 346 g/mol. The molecular formula is C20H17N3O4. The average Bonchev–Trinajstić information content (AvgIpc) is 2.68. The fourth-order valence-corrected chi connectivity index (χ4v) is 2.58. The molecule has 2 aromatic carbocycles. The summed E-state index contributed by atoms with van der Waals surface area (Å²) in [5, 5.41) is 14.3. The van der Waals surface area contributed by atoms with E-state index in [1.807, 2.05) is 30.3 Å². The molecule has 0 spiro atoms. The number of benzene rings is 2. The minimum Gasteiger partial charge on any atom is -0.482 e. The molecule has 0 aliphatic rings. The van der Waals surface area contributed by atoms with Crippen molar-refractivity contribution in [3.05, 3.63) is 93.8 Å². The zero-order chi connectivity index (χ0) is 19.2. The standard InChI is InChI=1S/C20H17N3O4/c1-14-9-10-17(20(24)22-16-8-5-11-21-12-16)18(23(25)26)19(14)27-13-15-6-3-2-4-7-15/h2-12H,13H2,1H3,(H,22,24). The van der Waals surface area contributed by atoms with Gasteiger partial charge in [0.05, 0.1) is 16.8 Å². The number of pyridine rings is 1. The van der Waals surface area contributed by atoms with Crippen LogP contribution in [0.3, 0.4) is 0 Å². The number of amides is 1. The van der Waals surface area contributed by atoms with Gasteiger partial charge in [-0.2, -0.15) is 0 Å². The van der Waals surface area contributed by atoms with E-state index in [1.54, 1.807) is 31.3 Å². The van der Waals surface area contributed by atoms with Crippen LogP contribution in [0.1, 0.15) is 21.5 Å². The van der Waals surface area contributed by atoms with Gasteiger partial charge in [0.15, 0.2) is 0 Å². The lowest BCUT2D eigenvalue weighted by molar-refractivity contribution is -0.386. The number of rotatable bonds is 6. The molecule has 0 saturated carbocycles. The third-order valence-corrected chi connectivity index (χ3v) is 3.90. The number of nitro groups is 1. The Morgan fingerprint density at radius 1 is 1.15 bits per heavy atom. The van der Waals surface area contributed by atoms with Crippen molar-refractivity contribution in [1.82, 2.24) is 4.98 Å². The van der Waals surface area contributed by atoms with Crippen LogP contribution < -0.4 is 10.1 Å². The quantitative estimate of drug-likeness (QED) is 0.525. The minimum atomic E-state index is -0.598. The van der Waals surface area contributed by atoms with Crippen LogP contribution in [0.15, 0.2) is 67.0 Å². The lowest BCUT2D eigenvalue weighted by Crippen LogP contribution is -2.15. The van der Waals surface area contributed by atoms with Crippen molar-refractivity contribution in [3.8, 4) is 5.75 Å². The lowest BCUT2D eigenvalue weighted by atomic mass is 10.1. The Bertz CT molecular complexity index is 960. The van der Waals surface area contributed by atoms with Gasteiger partial charge in [0.25, 0.3) is 5.91 Å². The predicted molar refractivity (Wildman–Crippen MR) is 101 cm³/mol. The summed E-state index contributed by atoms with van der Waals surface area (Å²) in [6.07, 6.45) is 3.03. The van der Waals surface area contributed by atoms with Crippen molar-refractivity contribution in [2.24, 2.45) is 0 Å². The van der Waals surface area contributed by atoms with Crippen molar-refractivity contribution in [3.63, 3.8) is 0 Å². The number of anilines is 1. The lowest BCUT2D eigenvalue weighted by Gasteiger charge is -2.12. The molecule has 0 bridgehead atoms. The first-order chi connectivity index (χ1) is 13.1. The predicted octanol–water partition coefficient (Wildman–Crippen LogP) is 4.13. The van der Waals surface area contributed by atoms with Gasteiger partial charge in [0, 0.05) is 6.20 Å². The maximum absolute atomic E-state index is 12.6. The Morgan fingerprint density at radius 3 is 2.59 bits per heavy atom. The summed E-state index contributed by atoms with van der Waals surface area (Å²) in [4.78, 5) is 27.6. The highest BCUT2D eigenvalue weighted by Crippen LogP contribution is 2.35. The Labute approximate surface area is 155 Å². The highest BCUT2D eigenvalue weighted by Gasteiger charge is 2.27. The SMILES string of the molecule is Cc1ccc(C(=O)Nc2cccnc2)c([N+](=O)[O-])c1OCc1ccccc1. The fourth-order valence-electron chi connectivity index (χ4n) is 2.58. The van der Waals surface area contributed by atoms with E-state index >= 15 is 0 Å². The number of nitrogens with one attached hydrogen (secondary N) is 1. The molecule has 7 heteroatoms. The second-order valence-corrected chi connectivity index (χ2v) is 5.83. The Morgan fingerprint density at radius 2 is 1.93 bits per heavy atom. The maximum Gasteiger partial charge on any atom is 0.323 e. The topological polar surface area (TPSA) is 94.4 Å². The van der Waals surface area contributed by atoms with Gasteiger partial charge < -0.3 is 10.1 Å². The first-order valence-electron chi connectivity index (χ1n) is 8.22. The second kappa shape index (κ2) is 8.09. The Hall–Kier alpha value is -3.74. The summed E-state index contributed by atoms with van der Waals surface area (Å²) in [7, 11) is 0. The third-order valence-electron chi connectivity index (χ3n) is 3.90. The van der Waals surface area contributed by atoms with Crippen LogP contribution in [0.2, 0.25) is 0 Å². The van der Waals surface area contributed by atoms with E-state index in [-0.39, 0.29) is 23.6 Å². The summed E-state index contributed by atoms with van der Waals surface area (Å²) in [5.74, 6) is -0.512. The molecule has 0 atom stereocenters. The zero-order valence-corrected chi connectivity index (χ0v) is 14.6. The second-order valence-electron chi connectivity index (χ2n) is 5.83. The van der Waals surface area contributed by atoms with Crippen LogP contribution in [-0.4, -0.2) is 15.8 Å². The zero-order valence-electron chi connectivity index (χ0n) is 14.6. The van der Waals surface area contributed by atoms with Crippen molar-refractivity contribution >= 4 is 17.3 Å². The molecule has 3 rings (SSSR count). The van der Waals surface area contributed by atoms with Gasteiger partial charge in [0.1, 0.15) is 12.2 Å². The summed E-state index contributed by atoms with van der Waals surface area (Å²) < 4.78 is 5.72. The number of aromatic nitrogens is 1. The van der Waals surface area contributed by atoms with Crippen LogP contribution in [0.5, 0.6) is 5.75 Å². The molecule has 1 aromatic heterocycles. The van der Waals surface area contributed by atoms with Crippen LogP contribution >= 0.6 is 0 Å². The molecule has 0 unspecified atom stereocenters. The molecule has 1 N–H and O–H groups in total. The van der Waals surface area contributed by atoms with Crippen molar-refractivity contribution < 1.29 is 14.5 Å². The van der Waals surface area contributed by atoms with Crippen LogP contribution in [0.25, 0.3) is 0 Å². The molecule has 0 aliphatic heterocycles. The highest BCUT2D eigenvalue weighted by molar-refractivity contribution is 6.07. The van der Waals surface area contributed by atoms with Gasteiger partial charge in [-0.05, 0) is 36.2 Å². The molecule has 0 fully saturated rings. The largest absolute Gasteiger partial charge is 0.482 e. The van der Waals surface area contributed by atoms with Gasteiger partial charge in [-0.25, -0.2) is 0 Å². The van der Waals surface area contributed by atoms with E-state index in [2.05, 4.69) is 10.3 Å². The number of nitro benzene ring substituents is 1. The van der Waals surface area contributed by atoms with E-state index in [9.17, 15) is 14.9 Å². The van der Waals surface area contributed by atoms with Crippen LogP contribution in [-0.2, 0) is 6.61 Å². The molecule has 1 heterocycles. The van der Waals surface area contributed by atoms with Crippen molar-refractivity contribution in [2.75, 3.05) is 5.32 Å². The maximum atomic E-state index is 12.6. The third kappa shape index (κ3) is 4.27. The molecule has 0 aliphatic carbocycles. The van der Waals surface area contributed by atoms with E-state index in [4.69, 9.17) is 4.74 Å². The number of aryl methyl sites for hydroxylation is 1. The number of carbonyl (C=O) groups is 1. The monoisotopic (exact) mass is 363 g/mol. The summed E-state index contributed by atoms with van der Waals surface area (Å²) in [6.45, 7) is 1.87. The Kier molecular flexibility index (Phi) is 5.41.